The number of aromatic nitrogens is 3. The highest BCUT2D eigenvalue weighted by Gasteiger charge is 2.17. The molecular weight excluding hydrogens is 498 g/mol. The van der Waals surface area contributed by atoms with E-state index < -0.39 is 0 Å². The van der Waals surface area contributed by atoms with Crippen LogP contribution in [0.25, 0.3) is 71.7 Å². The Hall–Kier alpha value is -5.00. The van der Waals surface area contributed by atoms with Crippen molar-refractivity contribution in [1.29, 1.82) is 0 Å². The molecule has 8 aromatic rings. The maximum atomic E-state index is 6.43. The Labute approximate surface area is 228 Å². The smallest absolute Gasteiger partial charge is 0.227 e. The molecule has 0 saturated carbocycles. The Kier molecular flexibility index (Phi) is 4.96. The molecule has 0 aliphatic heterocycles. The summed E-state index contributed by atoms with van der Waals surface area (Å²) < 4.78 is 8.75. The Bertz CT molecular complexity index is 2120. The molecule has 0 bridgehead atoms. The molecule has 0 N–H and O–H groups in total. The molecule has 0 atom stereocenters. The number of nitrogens with zero attached hydrogens (tertiary/aromatic N) is 3. The van der Waals surface area contributed by atoms with Crippen LogP contribution in [0.15, 0.2) is 131 Å². The fourth-order valence-electron chi connectivity index (χ4n) is 5.42. The number of benzene rings is 4. The van der Waals surface area contributed by atoms with Crippen molar-refractivity contribution in [1.82, 2.24) is 14.5 Å². The summed E-state index contributed by atoms with van der Waals surface area (Å²) >= 11 is 1.70. The third kappa shape index (κ3) is 3.59. The molecule has 0 aliphatic carbocycles. The minimum absolute atomic E-state index is 0.620. The molecular formula is C34H21N3OS. The number of pyridine rings is 1. The standard InChI is InChI=1S/C34H21N3OS/c1-2-14-30-25(10-1)26-17-16-23(34-36-29-13-6-11-27(33(29)38-34)32-15-7-19-39-32)21-31(26)37(30)24-9-5-8-22(20-24)28-12-3-4-18-35-28/h1-21H. The average Bonchev–Trinajstić information content (AvgIpc) is 3.75. The molecule has 4 nitrogen and oxygen atoms in total. The SMILES string of the molecule is c1ccc(-c2cccc(-n3c4ccccc4c4ccc(-c5nc6cccc(-c7cccs7)c6o5)cc43)c2)nc1. The van der Waals surface area contributed by atoms with Gasteiger partial charge in [0, 0.05) is 44.2 Å². The number of para-hydroxylation sites is 2. The highest BCUT2D eigenvalue weighted by molar-refractivity contribution is 7.13. The van der Waals surface area contributed by atoms with Crippen LogP contribution in [0.5, 0.6) is 0 Å². The first-order valence-corrected chi connectivity index (χ1v) is 13.7. The number of hydrogen-bond donors (Lipinski definition) is 0. The molecule has 0 radical (unpaired) electrons. The van der Waals surface area contributed by atoms with Crippen LogP contribution < -0.4 is 0 Å². The van der Waals surface area contributed by atoms with Gasteiger partial charge in [0.15, 0.2) is 5.58 Å². The minimum atomic E-state index is 0.620. The molecule has 0 fully saturated rings. The van der Waals surface area contributed by atoms with Crippen LogP contribution in [-0.2, 0) is 0 Å². The Balaban J connectivity index is 1.34. The van der Waals surface area contributed by atoms with E-state index >= 15 is 0 Å². The van der Waals surface area contributed by atoms with Crippen LogP contribution >= 0.6 is 11.3 Å². The third-order valence-electron chi connectivity index (χ3n) is 7.19. The van der Waals surface area contributed by atoms with Gasteiger partial charge in [0.25, 0.3) is 0 Å². The van der Waals surface area contributed by atoms with Gasteiger partial charge in [-0.3, -0.25) is 4.98 Å². The second-order valence-electron chi connectivity index (χ2n) is 9.50. The highest BCUT2D eigenvalue weighted by atomic mass is 32.1. The van der Waals surface area contributed by atoms with Crippen molar-refractivity contribution in [2.75, 3.05) is 0 Å². The summed E-state index contributed by atoms with van der Waals surface area (Å²) in [7, 11) is 0. The average molecular weight is 520 g/mol. The molecule has 0 amide bonds. The summed E-state index contributed by atoms with van der Waals surface area (Å²) in [6.07, 6.45) is 1.83. The van der Waals surface area contributed by atoms with Gasteiger partial charge < -0.3 is 8.98 Å². The van der Waals surface area contributed by atoms with Crippen molar-refractivity contribution in [2.45, 2.75) is 0 Å². The van der Waals surface area contributed by atoms with Gasteiger partial charge in [0.2, 0.25) is 5.89 Å². The second kappa shape index (κ2) is 8.79. The molecule has 0 saturated heterocycles. The molecule has 4 heterocycles. The van der Waals surface area contributed by atoms with Crippen molar-refractivity contribution in [2.24, 2.45) is 0 Å². The van der Waals surface area contributed by atoms with E-state index in [0.29, 0.717) is 5.89 Å². The van der Waals surface area contributed by atoms with Gasteiger partial charge >= 0.3 is 0 Å². The lowest BCUT2D eigenvalue weighted by atomic mass is 10.1. The quantitative estimate of drug-likeness (QED) is 0.233. The van der Waals surface area contributed by atoms with Crippen LogP contribution in [-0.4, -0.2) is 14.5 Å². The van der Waals surface area contributed by atoms with Crippen molar-refractivity contribution in [3.63, 3.8) is 0 Å². The zero-order valence-electron chi connectivity index (χ0n) is 20.8. The van der Waals surface area contributed by atoms with Crippen LogP contribution in [0.1, 0.15) is 0 Å². The van der Waals surface area contributed by atoms with E-state index in [1.54, 1.807) is 11.3 Å². The number of fused-ring (bicyclic) bond motifs is 4. The zero-order chi connectivity index (χ0) is 25.8. The largest absolute Gasteiger partial charge is 0.435 e. The third-order valence-corrected chi connectivity index (χ3v) is 8.09. The van der Waals surface area contributed by atoms with Gasteiger partial charge in [0.05, 0.1) is 16.7 Å². The van der Waals surface area contributed by atoms with Crippen molar-refractivity contribution in [3.05, 3.63) is 127 Å². The van der Waals surface area contributed by atoms with E-state index in [1.165, 1.54) is 15.6 Å². The Morgan fingerprint density at radius 2 is 1.56 bits per heavy atom. The fraction of sp³-hybridized carbons (Fsp3) is 0. The first kappa shape index (κ1) is 22.0. The van der Waals surface area contributed by atoms with E-state index in [2.05, 4.69) is 99.9 Å². The summed E-state index contributed by atoms with van der Waals surface area (Å²) in [6.45, 7) is 0. The van der Waals surface area contributed by atoms with E-state index in [9.17, 15) is 0 Å². The predicted octanol–water partition coefficient (Wildman–Crippen LogP) is 9.38. The molecule has 4 aromatic carbocycles. The van der Waals surface area contributed by atoms with Crippen molar-refractivity contribution < 1.29 is 4.42 Å². The van der Waals surface area contributed by atoms with Crippen LogP contribution in [0.2, 0.25) is 0 Å². The number of oxazole rings is 1. The second-order valence-corrected chi connectivity index (χ2v) is 10.4. The van der Waals surface area contributed by atoms with E-state index in [4.69, 9.17) is 9.40 Å². The number of thiophene rings is 1. The summed E-state index contributed by atoms with van der Waals surface area (Å²) in [5.74, 6) is 0.620. The first-order valence-electron chi connectivity index (χ1n) is 12.8. The molecule has 4 aromatic heterocycles. The Morgan fingerprint density at radius 3 is 2.46 bits per heavy atom. The molecule has 8 rings (SSSR count). The summed E-state index contributed by atoms with van der Waals surface area (Å²) in [6, 6.07) is 39.9. The molecule has 0 aliphatic rings. The van der Waals surface area contributed by atoms with Crippen LogP contribution in [0, 0.1) is 0 Å². The summed E-state index contributed by atoms with van der Waals surface area (Å²) in [5, 5.41) is 4.48. The minimum Gasteiger partial charge on any atom is -0.435 e. The van der Waals surface area contributed by atoms with Gasteiger partial charge in [-0.15, -0.1) is 11.3 Å². The monoisotopic (exact) mass is 519 g/mol. The van der Waals surface area contributed by atoms with Gasteiger partial charge in [-0.1, -0.05) is 54.6 Å². The van der Waals surface area contributed by atoms with Gasteiger partial charge in [0.1, 0.15) is 5.52 Å². The normalized spacial score (nSPS) is 11.6. The number of hydrogen-bond acceptors (Lipinski definition) is 4. The van der Waals surface area contributed by atoms with Crippen molar-refractivity contribution in [3.8, 4) is 38.8 Å². The lowest BCUT2D eigenvalue weighted by Gasteiger charge is -2.10. The summed E-state index contributed by atoms with van der Waals surface area (Å²) in [4.78, 5) is 10.6. The van der Waals surface area contributed by atoms with Gasteiger partial charge in [-0.25, -0.2) is 4.98 Å². The zero-order valence-corrected chi connectivity index (χ0v) is 21.6. The summed E-state index contributed by atoms with van der Waals surface area (Å²) in [5.41, 5.74) is 9.07. The Morgan fingerprint density at radius 1 is 0.667 bits per heavy atom. The maximum absolute atomic E-state index is 6.43. The lowest BCUT2D eigenvalue weighted by molar-refractivity contribution is 0.621. The molecule has 184 valence electrons. The highest BCUT2D eigenvalue weighted by Crippen LogP contribution is 2.38. The van der Waals surface area contributed by atoms with Gasteiger partial charge in [-0.2, -0.15) is 0 Å². The maximum Gasteiger partial charge on any atom is 0.227 e. The topological polar surface area (TPSA) is 43.9 Å². The molecule has 0 unspecified atom stereocenters. The predicted molar refractivity (Wildman–Crippen MR) is 160 cm³/mol. The number of rotatable bonds is 4. The lowest BCUT2D eigenvalue weighted by Crippen LogP contribution is -1.95. The first-order chi connectivity index (χ1) is 19.3. The van der Waals surface area contributed by atoms with E-state index in [-0.39, 0.29) is 0 Å². The van der Waals surface area contributed by atoms with Crippen LogP contribution in [0.3, 0.4) is 0 Å². The fourth-order valence-corrected chi connectivity index (χ4v) is 6.17. The van der Waals surface area contributed by atoms with E-state index in [1.807, 2.05) is 36.5 Å². The van der Waals surface area contributed by atoms with Gasteiger partial charge in [-0.05, 0) is 66.0 Å². The van der Waals surface area contributed by atoms with Crippen molar-refractivity contribution >= 4 is 44.2 Å². The van der Waals surface area contributed by atoms with E-state index in [0.717, 1.165) is 50.2 Å². The molecule has 39 heavy (non-hydrogen) atoms. The van der Waals surface area contributed by atoms with Crippen LogP contribution in [0.4, 0.5) is 0 Å². The molecule has 0 spiro atoms. The molecule has 5 heteroatoms.